The van der Waals surface area contributed by atoms with Gasteiger partial charge >= 0.3 is 5.97 Å². The molecule has 0 aromatic carbocycles. The number of amides is 1. The molecule has 1 aliphatic heterocycles. The summed E-state index contributed by atoms with van der Waals surface area (Å²) in [6, 6.07) is -0.503. The van der Waals surface area contributed by atoms with Crippen molar-refractivity contribution in [3.05, 3.63) is 0 Å². The van der Waals surface area contributed by atoms with Gasteiger partial charge in [-0.15, -0.1) is 0 Å². The van der Waals surface area contributed by atoms with Crippen molar-refractivity contribution >= 4 is 11.9 Å². The molecule has 86 valence electrons. The van der Waals surface area contributed by atoms with E-state index in [2.05, 4.69) is 5.32 Å². The minimum Gasteiger partial charge on any atom is -0.480 e. The molecule has 0 radical (unpaired) electrons. The fourth-order valence-electron chi connectivity index (χ4n) is 1.70. The van der Waals surface area contributed by atoms with E-state index in [1.807, 2.05) is 20.8 Å². The SMILES string of the molecule is CC(C)C(C)N1CC(=O)NCC1C(=O)O. The Hall–Kier alpha value is -1.10. The van der Waals surface area contributed by atoms with Crippen molar-refractivity contribution in [3.63, 3.8) is 0 Å². The van der Waals surface area contributed by atoms with Crippen LogP contribution in [-0.2, 0) is 9.59 Å². The van der Waals surface area contributed by atoms with Gasteiger partial charge in [0.05, 0.1) is 6.54 Å². The number of carboxylic acid groups (broad SMARTS) is 1. The van der Waals surface area contributed by atoms with Gasteiger partial charge in [-0.2, -0.15) is 0 Å². The van der Waals surface area contributed by atoms with E-state index < -0.39 is 12.0 Å². The highest BCUT2D eigenvalue weighted by molar-refractivity contribution is 5.83. The van der Waals surface area contributed by atoms with E-state index in [0.717, 1.165) is 0 Å². The summed E-state index contributed by atoms with van der Waals surface area (Å²) in [6.07, 6.45) is 0. The average Bonchev–Trinajstić information content (AvgIpc) is 2.15. The van der Waals surface area contributed by atoms with Crippen molar-refractivity contribution in [2.24, 2.45) is 5.92 Å². The minimum atomic E-state index is -0.873. The third-order valence-electron chi connectivity index (χ3n) is 2.99. The van der Waals surface area contributed by atoms with Gasteiger partial charge in [-0.05, 0) is 12.8 Å². The number of piperazine rings is 1. The second-order valence-corrected chi connectivity index (χ2v) is 4.32. The number of carbonyl (C=O) groups is 2. The largest absolute Gasteiger partial charge is 0.480 e. The molecule has 0 aliphatic carbocycles. The van der Waals surface area contributed by atoms with Crippen molar-refractivity contribution in [2.75, 3.05) is 13.1 Å². The molecule has 0 spiro atoms. The van der Waals surface area contributed by atoms with Crippen LogP contribution in [0.3, 0.4) is 0 Å². The first-order chi connectivity index (χ1) is 6.93. The van der Waals surface area contributed by atoms with E-state index in [-0.39, 0.29) is 25.0 Å². The first-order valence-electron chi connectivity index (χ1n) is 5.18. The highest BCUT2D eigenvalue weighted by Gasteiger charge is 2.35. The summed E-state index contributed by atoms with van der Waals surface area (Å²) in [5.41, 5.74) is 0. The maximum Gasteiger partial charge on any atom is 0.322 e. The number of rotatable bonds is 3. The van der Waals surface area contributed by atoms with Crippen LogP contribution in [0.4, 0.5) is 0 Å². The van der Waals surface area contributed by atoms with Crippen LogP contribution >= 0.6 is 0 Å². The highest BCUT2D eigenvalue weighted by atomic mass is 16.4. The van der Waals surface area contributed by atoms with E-state index in [0.29, 0.717) is 5.92 Å². The van der Waals surface area contributed by atoms with Gasteiger partial charge in [0.2, 0.25) is 5.91 Å². The van der Waals surface area contributed by atoms with E-state index in [1.54, 1.807) is 4.90 Å². The smallest absolute Gasteiger partial charge is 0.322 e. The number of nitrogens with zero attached hydrogens (tertiary/aromatic N) is 1. The number of aliphatic carboxylic acids is 1. The van der Waals surface area contributed by atoms with Gasteiger partial charge < -0.3 is 10.4 Å². The van der Waals surface area contributed by atoms with Crippen molar-refractivity contribution in [1.82, 2.24) is 10.2 Å². The number of hydrogen-bond acceptors (Lipinski definition) is 3. The summed E-state index contributed by atoms with van der Waals surface area (Å²) in [5, 5.41) is 11.6. The van der Waals surface area contributed by atoms with Crippen LogP contribution in [0, 0.1) is 5.92 Å². The summed E-state index contributed by atoms with van der Waals surface area (Å²) < 4.78 is 0. The first kappa shape index (κ1) is 12.0. The number of carbonyl (C=O) groups excluding carboxylic acids is 1. The molecule has 2 N–H and O–H groups in total. The van der Waals surface area contributed by atoms with Crippen molar-refractivity contribution < 1.29 is 14.7 Å². The molecule has 2 unspecified atom stereocenters. The molecule has 2 atom stereocenters. The quantitative estimate of drug-likeness (QED) is 0.689. The molecule has 5 heteroatoms. The van der Waals surface area contributed by atoms with E-state index in [1.165, 1.54) is 0 Å². The molecular formula is C10H18N2O3. The molecule has 0 aromatic heterocycles. The zero-order valence-corrected chi connectivity index (χ0v) is 9.36. The van der Waals surface area contributed by atoms with Crippen LogP contribution < -0.4 is 5.32 Å². The van der Waals surface area contributed by atoms with Gasteiger partial charge in [0.15, 0.2) is 0 Å². The Balaban J connectivity index is 2.78. The number of carboxylic acids is 1. The lowest BCUT2D eigenvalue weighted by Crippen LogP contribution is -2.60. The van der Waals surface area contributed by atoms with Crippen LogP contribution in [0.5, 0.6) is 0 Å². The van der Waals surface area contributed by atoms with Gasteiger partial charge in [-0.25, -0.2) is 0 Å². The van der Waals surface area contributed by atoms with Crippen molar-refractivity contribution in [2.45, 2.75) is 32.9 Å². The third-order valence-corrected chi connectivity index (χ3v) is 2.99. The van der Waals surface area contributed by atoms with E-state index >= 15 is 0 Å². The Bertz CT molecular complexity index is 265. The van der Waals surface area contributed by atoms with Gasteiger partial charge in [-0.1, -0.05) is 13.8 Å². The highest BCUT2D eigenvalue weighted by Crippen LogP contribution is 2.15. The monoisotopic (exact) mass is 214 g/mol. The van der Waals surface area contributed by atoms with Crippen LogP contribution in [0.25, 0.3) is 0 Å². The zero-order valence-electron chi connectivity index (χ0n) is 9.36. The molecular weight excluding hydrogens is 196 g/mol. The van der Waals surface area contributed by atoms with E-state index in [4.69, 9.17) is 5.11 Å². The predicted molar refractivity (Wildman–Crippen MR) is 55.4 cm³/mol. The summed E-state index contributed by atoms with van der Waals surface area (Å²) in [6.45, 7) is 6.38. The lowest BCUT2D eigenvalue weighted by Gasteiger charge is -2.38. The molecule has 1 saturated heterocycles. The predicted octanol–water partition coefficient (Wildman–Crippen LogP) is -0.0841. The average molecular weight is 214 g/mol. The molecule has 1 fully saturated rings. The van der Waals surface area contributed by atoms with Crippen LogP contribution in [0.2, 0.25) is 0 Å². The Labute approximate surface area is 89.4 Å². The summed E-state index contributed by atoms with van der Waals surface area (Å²) in [5.74, 6) is -0.639. The minimum absolute atomic E-state index is 0.0946. The third kappa shape index (κ3) is 2.68. The Morgan fingerprint density at radius 1 is 1.53 bits per heavy atom. The molecule has 0 aromatic rings. The number of hydrogen-bond donors (Lipinski definition) is 2. The van der Waals surface area contributed by atoms with Gasteiger partial charge in [0.1, 0.15) is 6.04 Å². The molecule has 1 heterocycles. The van der Waals surface area contributed by atoms with Crippen molar-refractivity contribution in [3.8, 4) is 0 Å². The number of nitrogens with one attached hydrogen (secondary N) is 1. The normalized spacial score (nSPS) is 25.1. The maximum absolute atomic E-state index is 11.2. The summed E-state index contributed by atoms with van der Waals surface area (Å²) in [7, 11) is 0. The molecule has 1 amide bonds. The van der Waals surface area contributed by atoms with E-state index in [9.17, 15) is 9.59 Å². The zero-order chi connectivity index (χ0) is 11.6. The molecule has 0 saturated carbocycles. The molecule has 1 aliphatic rings. The second kappa shape index (κ2) is 4.61. The van der Waals surface area contributed by atoms with Gasteiger partial charge in [-0.3, -0.25) is 14.5 Å². The van der Waals surface area contributed by atoms with Crippen LogP contribution in [0.1, 0.15) is 20.8 Å². The summed E-state index contributed by atoms with van der Waals surface area (Å²) >= 11 is 0. The topological polar surface area (TPSA) is 69.6 Å². The molecule has 15 heavy (non-hydrogen) atoms. The Kier molecular flexibility index (Phi) is 3.68. The lowest BCUT2D eigenvalue weighted by atomic mass is 10.0. The maximum atomic E-state index is 11.2. The van der Waals surface area contributed by atoms with Gasteiger partial charge in [0, 0.05) is 12.6 Å². The Morgan fingerprint density at radius 3 is 2.60 bits per heavy atom. The first-order valence-corrected chi connectivity index (χ1v) is 5.18. The summed E-state index contributed by atoms with van der Waals surface area (Å²) in [4.78, 5) is 24.0. The standard InChI is InChI=1S/C10H18N2O3/c1-6(2)7(3)12-5-9(13)11-4-8(12)10(14)15/h6-8H,4-5H2,1-3H3,(H,11,13)(H,14,15). The lowest BCUT2D eigenvalue weighted by molar-refractivity contribution is -0.147. The fraction of sp³-hybridized carbons (Fsp3) is 0.800. The second-order valence-electron chi connectivity index (χ2n) is 4.32. The van der Waals surface area contributed by atoms with Gasteiger partial charge in [0.25, 0.3) is 0 Å². The van der Waals surface area contributed by atoms with Crippen molar-refractivity contribution in [1.29, 1.82) is 0 Å². The Morgan fingerprint density at radius 2 is 2.13 bits per heavy atom. The van der Waals surface area contributed by atoms with Crippen LogP contribution in [0.15, 0.2) is 0 Å². The molecule has 1 rings (SSSR count). The van der Waals surface area contributed by atoms with Crippen LogP contribution in [-0.4, -0.2) is 47.1 Å². The fourth-order valence-corrected chi connectivity index (χ4v) is 1.70. The molecule has 5 nitrogen and oxygen atoms in total. The molecule has 0 bridgehead atoms.